The molecule has 100 valence electrons. The first kappa shape index (κ1) is 14.3. The van der Waals surface area contributed by atoms with Crippen molar-refractivity contribution in [3.8, 4) is 0 Å². The molecule has 3 nitrogen and oxygen atoms in total. The highest BCUT2D eigenvalue weighted by atomic mass is 19.4. The Labute approximate surface area is 96.5 Å². The van der Waals surface area contributed by atoms with Crippen molar-refractivity contribution in [3.05, 3.63) is 34.9 Å². The maximum atomic E-state index is 12.5. The van der Waals surface area contributed by atoms with Crippen molar-refractivity contribution < 1.29 is 31.1 Å². The molecule has 0 saturated heterocycles. The van der Waals surface area contributed by atoms with Crippen LogP contribution in [0.2, 0.25) is 0 Å². The summed E-state index contributed by atoms with van der Waals surface area (Å²) >= 11 is 0. The summed E-state index contributed by atoms with van der Waals surface area (Å²) in [6, 6.07) is 0.536. The average Bonchev–Trinajstić information content (AvgIpc) is 2.24. The number of rotatable bonds is 1. The summed E-state index contributed by atoms with van der Waals surface area (Å²) in [4.78, 5) is 11.1. The van der Waals surface area contributed by atoms with Gasteiger partial charge in [-0.3, -0.25) is 10.2 Å². The lowest BCUT2D eigenvalue weighted by Gasteiger charge is -2.14. The quantitative estimate of drug-likeness (QED) is 0.357. The van der Waals surface area contributed by atoms with E-state index in [1.807, 2.05) is 0 Å². The van der Waals surface area contributed by atoms with Crippen molar-refractivity contribution >= 4 is 5.91 Å². The Morgan fingerprint density at radius 1 is 1.06 bits per heavy atom. The van der Waals surface area contributed by atoms with Gasteiger partial charge in [-0.05, 0) is 18.2 Å². The fourth-order valence-electron chi connectivity index (χ4n) is 1.23. The van der Waals surface area contributed by atoms with E-state index in [4.69, 9.17) is 0 Å². The van der Waals surface area contributed by atoms with Gasteiger partial charge in [-0.2, -0.15) is 26.3 Å². The zero-order valence-electron chi connectivity index (χ0n) is 8.49. The first-order valence-corrected chi connectivity index (χ1v) is 4.36. The van der Waals surface area contributed by atoms with Crippen LogP contribution in [0.1, 0.15) is 21.5 Å². The van der Waals surface area contributed by atoms with Gasteiger partial charge in [0.25, 0.3) is 5.91 Å². The molecule has 0 unspecified atom stereocenters. The first-order chi connectivity index (χ1) is 8.07. The topological polar surface area (TPSA) is 55.1 Å². The minimum Gasteiger partial charge on any atom is -0.290 e. The van der Waals surface area contributed by atoms with E-state index in [2.05, 4.69) is 5.84 Å². The molecule has 0 aliphatic rings. The summed E-state index contributed by atoms with van der Waals surface area (Å²) < 4.78 is 74.4. The van der Waals surface area contributed by atoms with Crippen LogP contribution in [0.5, 0.6) is 0 Å². The molecular weight excluding hydrogens is 266 g/mol. The van der Waals surface area contributed by atoms with Crippen molar-refractivity contribution in [1.29, 1.82) is 0 Å². The number of halogens is 6. The van der Waals surface area contributed by atoms with Gasteiger partial charge >= 0.3 is 12.4 Å². The molecule has 0 bridgehead atoms. The smallest absolute Gasteiger partial charge is 0.290 e. The molecule has 0 heterocycles. The van der Waals surface area contributed by atoms with E-state index in [0.717, 1.165) is 0 Å². The van der Waals surface area contributed by atoms with Gasteiger partial charge in [-0.15, -0.1) is 0 Å². The molecule has 18 heavy (non-hydrogen) atoms. The number of carbonyl (C=O) groups excluding carboxylic acids is 1. The van der Waals surface area contributed by atoms with Gasteiger partial charge in [0.05, 0.1) is 16.7 Å². The van der Waals surface area contributed by atoms with Crippen LogP contribution in [0, 0.1) is 0 Å². The zero-order chi connectivity index (χ0) is 14.1. The molecule has 1 aromatic carbocycles. The maximum absolute atomic E-state index is 12.5. The minimum absolute atomic E-state index is 0.102. The molecule has 3 N–H and O–H groups in total. The average molecular weight is 272 g/mol. The Balaban J connectivity index is 3.44. The van der Waals surface area contributed by atoms with Crippen LogP contribution in [-0.4, -0.2) is 5.91 Å². The minimum atomic E-state index is -4.95. The van der Waals surface area contributed by atoms with Crippen molar-refractivity contribution in [2.75, 3.05) is 0 Å². The number of alkyl halides is 6. The lowest BCUT2D eigenvalue weighted by Crippen LogP contribution is -2.32. The molecule has 0 aromatic heterocycles. The van der Waals surface area contributed by atoms with E-state index in [1.165, 1.54) is 5.43 Å². The van der Waals surface area contributed by atoms with E-state index >= 15 is 0 Å². The molecule has 0 fully saturated rings. The second kappa shape index (κ2) is 4.48. The van der Waals surface area contributed by atoms with Crippen LogP contribution in [0.4, 0.5) is 26.3 Å². The highest BCUT2D eigenvalue weighted by molar-refractivity contribution is 5.95. The van der Waals surface area contributed by atoms with Crippen LogP contribution >= 0.6 is 0 Å². The van der Waals surface area contributed by atoms with Gasteiger partial charge in [0.2, 0.25) is 0 Å². The fourth-order valence-corrected chi connectivity index (χ4v) is 1.23. The van der Waals surface area contributed by atoms with Gasteiger partial charge < -0.3 is 0 Å². The molecular formula is C9H6F6N2O. The molecule has 9 heteroatoms. The number of hydrogen-bond acceptors (Lipinski definition) is 2. The van der Waals surface area contributed by atoms with E-state index in [9.17, 15) is 31.1 Å². The molecule has 0 radical (unpaired) electrons. The first-order valence-electron chi connectivity index (χ1n) is 4.36. The normalized spacial score (nSPS) is 12.4. The standard InChI is InChI=1S/C9H6F6N2O/c10-8(11,12)4-1-2-6(9(13,14)15)5(3-4)7(18)17-16/h1-3H,16H2,(H,17,18). The van der Waals surface area contributed by atoms with Gasteiger partial charge in [0.1, 0.15) is 0 Å². The number of hydrazine groups is 1. The highest BCUT2D eigenvalue weighted by Gasteiger charge is 2.38. The second-order valence-electron chi connectivity index (χ2n) is 3.23. The monoisotopic (exact) mass is 272 g/mol. The second-order valence-corrected chi connectivity index (χ2v) is 3.23. The summed E-state index contributed by atoms with van der Waals surface area (Å²) in [7, 11) is 0. The highest BCUT2D eigenvalue weighted by Crippen LogP contribution is 2.36. The summed E-state index contributed by atoms with van der Waals surface area (Å²) in [5, 5.41) is 0. The number of carbonyl (C=O) groups is 1. The van der Waals surface area contributed by atoms with Crippen LogP contribution in [0.25, 0.3) is 0 Å². The molecule has 0 atom stereocenters. The lowest BCUT2D eigenvalue weighted by molar-refractivity contribution is -0.141. The van der Waals surface area contributed by atoms with Crippen molar-refractivity contribution in [3.63, 3.8) is 0 Å². The Hall–Kier alpha value is -1.77. The molecule has 0 aliphatic carbocycles. The molecule has 0 spiro atoms. The third kappa shape index (κ3) is 2.92. The number of nitrogens with one attached hydrogen (secondary N) is 1. The van der Waals surface area contributed by atoms with E-state index in [1.54, 1.807) is 0 Å². The Kier molecular flexibility index (Phi) is 3.56. The van der Waals surface area contributed by atoms with Crippen LogP contribution < -0.4 is 11.3 Å². The predicted molar refractivity (Wildman–Crippen MR) is 48.1 cm³/mol. The number of hydrogen-bond donors (Lipinski definition) is 2. The van der Waals surface area contributed by atoms with Crippen LogP contribution in [-0.2, 0) is 12.4 Å². The SMILES string of the molecule is NNC(=O)c1cc(C(F)(F)F)ccc1C(F)(F)F. The Morgan fingerprint density at radius 2 is 1.61 bits per heavy atom. The summed E-state index contributed by atoms with van der Waals surface area (Å²) in [5.74, 6) is 3.18. The molecule has 0 aliphatic heterocycles. The molecule has 0 saturated carbocycles. The number of benzene rings is 1. The third-order valence-electron chi connectivity index (χ3n) is 2.03. The van der Waals surface area contributed by atoms with Gasteiger partial charge in [-0.1, -0.05) is 0 Å². The third-order valence-corrected chi connectivity index (χ3v) is 2.03. The van der Waals surface area contributed by atoms with Crippen LogP contribution in [0.15, 0.2) is 18.2 Å². The van der Waals surface area contributed by atoms with E-state index in [-0.39, 0.29) is 18.2 Å². The summed E-state index contributed by atoms with van der Waals surface area (Å²) in [6.45, 7) is 0. The molecule has 1 amide bonds. The van der Waals surface area contributed by atoms with Crippen molar-refractivity contribution in [2.45, 2.75) is 12.4 Å². The largest absolute Gasteiger partial charge is 0.417 e. The Bertz CT molecular complexity index is 465. The molecule has 1 aromatic rings. The van der Waals surface area contributed by atoms with Crippen molar-refractivity contribution in [1.82, 2.24) is 5.43 Å². The van der Waals surface area contributed by atoms with Crippen molar-refractivity contribution in [2.24, 2.45) is 5.84 Å². The fraction of sp³-hybridized carbons (Fsp3) is 0.222. The van der Waals surface area contributed by atoms with Gasteiger partial charge in [0.15, 0.2) is 0 Å². The summed E-state index contributed by atoms with van der Waals surface area (Å²) in [5.41, 5.74) is -2.67. The number of amides is 1. The number of nitrogens with two attached hydrogens (primary N) is 1. The molecule has 1 rings (SSSR count). The maximum Gasteiger partial charge on any atom is 0.417 e. The Morgan fingerprint density at radius 3 is 2.00 bits per heavy atom. The lowest BCUT2D eigenvalue weighted by atomic mass is 10.0. The summed E-state index contributed by atoms with van der Waals surface area (Å²) in [6.07, 6.45) is -9.81. The van der Waals surface area contributed by atoms with Gasteiger partial charge in [0, 0.05) is 0 Å². The zero-order valence-corrected chi connectivity index (χ0v) is 8.49. The van der Waals surface area contributed by atoms with E-state index < -0.39 is 35.0 Å². The predicted octanol–water partition coefficient (Wildman–Crippen LogP) is 2.33. The van der Waals surface area contributed by atoms with Gasteiger partial charge in [-0.25, -0.2) is 5.84 Å². The van der Waals surface area contributed by atoms with E-state index in [0.29, 0.717) is 0 Å². The number of nitrogen functional groups attached to an aromatic ring is 1. The van der Waals surface area contributed by atoms with Crippen LogP contribution in [0.3, 0.4) is 0 Å².